The Hall–Kier alpha value is -2.90. The molecule has 0 spiro atoms. The molecule has 1 N–H and O–H groups in total. The molecule has 8 nitrogen and oxygen atoms in total. The van der Waals surface area contributed by atoms with Crippen molar-refractivity contribution in [2.75, 3.05) is 13.1 Å². The Kier molecular flexibility index (Phi) is 3.87. The van der Waals surface area contributed by atoms with Gasteiger partial charge in [-0.3, -0.25) is 9.36 Å². The number of hydrogen-bond donors (Lipinski definition) is 1. The van der Waals surface area contributed by atoms with E-state index in [2.05, 4.69) is 15.1 Å². The van der Waals surface area contributed by atoms with Crippen LogP contribution in [0, 0.1) is 0 Å². The molecule has 1 aliphatic heterocycles. The molecule has 1 fully saturated rings. The number of piperidine rings is 1. The van der Waals surface area contributed by atoms with Crippen LogP contribution in [0.3, 0.4) is 0 Å². The van der Waals surface area contributed by atoms with Crippen LogP contribution in [0.15, 0.2) is 35.6 Å². The Morgan fingerprint density at radius 2 is 2.12 bits per heavy atom. The minimum absolute atomic E-state index is 0.00374. The van der Waals surface area contributed by atoms with Crippen LogP contribution in [-0.2, 0) is 6.54 Å². The summed E-state index contributed by atoms with van der Waals surface area (Å²) in [5.41, 5.74) is 2.00. The van der Waals surface area contributed by atoms with Crippen molar-refractivity contribution in [2.24, 2.45) is 0 Å². The van der Waals surface area contributed by atoms with Crippen LogP contribution in [-0.4, -0.2) is 48.2 Å². The molecule has 1 amide bonds. The third kappa shape index (κ3) is 2.73. The molecule has 0 unspecified atom stereocenters. The van der Waals surface area contributed by atoms with Crippen molar-refractivity contribution in [3.05, 3.63) is 46.9 Å². The second-order valence-electron chi connectivity index (χ2n) is 6.31. The third-order valence-corrected chi connectivity index (χ3v) is 4.90. The smallest absolute Gasteiger partial charge is 0.326 e. The van der Waals surface area contributed by atoms with E-state index in [9.17, 15) is 9.59 Å². The van der Waals surface area contributed by atoms with Gasteiger partial charge < -0.3 is 9.88 Å². The first-order chi connectivity index (χ1) is 12.2. The molecule has 3 heterocycles. The summed E-state index contributed by atoms with van der Waals surface area (Å²) in [5, 5.41) is 4.19. The van der Waals surface area contributed by atoms with Crippen molar-refractivity contribution in [1.29, 1.82) is 0 Å². The van der Waals surface area contributed by atoms with Gasteiger partial charge in [0.1, 0.15) is 12.7 Å². The van der Waals surface area contributed by atoms with E-state index in [0.29, 0.717) is 36.8 Å². The standard InChI is InChI=1S/C17H20N6O2/c1-2-22-15-4-3-12(9-14(15)20-17(22)25)16(24)21-7-5-13(6-8-21)23-11-18-10-19-23/h3-4,9-11,13H,2,5-8H2,1H3,(H,20,25). The van der Waals surface area contributed by atoms with E-state index >= 15 is 0 Å². The number of H-pyrrole nitrogens is 1. The number of carbonyl (C=O) groups is 1. The monoisotopic (exact) mass is 340 g/mol. The van der Waals surface area contributed by atoms with Gasteiger partial charge in [0.05, 0.1) is 17.1 Å². The second kappa shape index (κ2) is 6.19. The number of fused-ring (bicyclic) bond motifs is 1. The van der Waals surface area contributed by atoms with Crippen molar-refractivity contribution in [3.63, 3.8) is 0 Å². The number of nitrogens with one attached hydrogen (secondary N) is 1. The molecule has 2 aromatic heterocycles. The number of nitrogens with zero attached hydrogens (tertiary/aromatic N) is 5. The van der Waals surface area contributed by atoms with E-state index in [1.165, 1.54) is 6.33 Å². The Balaban J connectivity index is 1.51. The summed E-state index contributed by atoms with van der Waals surface area (Å²) in [4.78, 5) is 33.4. The highest BCUT2D eigenvalue weighted by Crippen LogP contribution is 2.23. The SMILES string of the molecule is CCn1c(=O)[nH]c2cc(C(=O)N3CCC(n4cncn4)CC3)ccc21. The number of aryl methyl sites for hydroxylation is 1. The fourth-order valence-electron chi connectivity index (χ4n) is 3.53. The number of likely N-dealkylation sites (tertiary alicyclic amines) is 1. The number of aromatic amines is 1. The molecule has 0 radical (unpaired) electrons. The third-order valence-electron chi connectivity index (χ3n) is 4.90. The van der Waals surface area contributed by atoms with Gasteiger partial charge in [0.25, 0.3) is 5.91 Å². The molecular formula is C17H20N6O2. The predicted molar refractivity (Wildman–Crippen MR) is 92.4 cm³/mol. The van der Waals surface area contributed by atoms with Crippen LogP contribution in [0.4, 0.5) is 0 Å². The first-order valence-corrected chi connectivity index (χ1v) is 8.53. The van der Waals surface area contributed by atoms with Crippen molar-refractivity contribution < 1.29 is 4.79 Å². The Labute approximate surface area is 144 Å². The summed E-state index contributed by atoms with van der Waals surface area (Å²) in [6.07, 6.45) is 4.99. The Morgan fingerprint density at radius 3 is 2.80 bits per heavy atom. The van der Waals surface area contributed by atoms with Crippen molar-refractivity contribution in [2.45, 2.75) is 32.4 Å². The summed E-state index contributed by atoms with van der Waals surface area (Å²) in [7, 11) is 0. The Morgan fingerprint density at radius 1 is 1.32 bits per heavy atom. The van der Waals surface area contributed by atoms with E-state index in [4.69, 9.17) is 0 Å². The van der Waals surface area contributed by atoms with Gasteiger partial charge in [-0.15, -0.1) is 0 Å². The molecule has 1 saturated heterocycles. The first kappa shape index (κ1) is 15.6. The number of rotatable bonds is 3. The lowest BCUT2D eigenvalue weighted by molar-refractivity contribution is 0.0690. The van der Waals surface area contributed by atoms with E-state index in [1.807, 2.05) is 22.6 Å². The summed E-state index contributed by atoms with van der Waals surface area (Å²) < 4.78 is 3.53. The minimum Gasteiger partial charge on any atom is -0.338 e. The number of benzene rings is 1. The second-order valence-corrected chi connectivity index (χ2v) is 6.31. The number of hydrogen-bond acceptors (Lipinski definition) is 4. The number of carbonyl (C=O) groups excluding carboxylic acids is 1. The number of amides is 1. The molecule has 25 heavy (non-hydrogen) atoms. The molecule has 8 heteroatoms. The Bertz CT molecular complexity index is 947. The average molecular weight is 340 g/mol. The van der Waals surface area contributed by atoms with E-state index < -0.39 is 0 Å². The van der Waals surface area contributed by atoms with Crippen LogP contribution in [0.5, 0.6) is 0 Å². The molecule has 1 aromatic carbocycles. The molecule has 0 aliphatic carbocycles. The zero-order valence-electron chi connectivity index (χ0n) is 14.1. The molecule has 0 bridgehead atoms. The zero-order valence-corrected chi connectivity index (χ0v) is 14.1. The molecule has 1 aliphatic rings. The van der Waals surface area contributed by atoms with Gasteiger partial charge in [0, 0.05) is 25.2 Å². The zero-order chi connectivity index (χ0) is 17.4. The van der Waals surface area contributed by atoms with Crippen LogP contribution in [0.2, 0.25) is 0 Å². The summed E-state index contributed by atoms with van der Waals surface area (Å²) >= 11 is 0. The lowest BCUT2D eigenvalue weighted by Gasteiger charge is -2.32. The maximum absolute atomic E-state index is 12.8. The molecule has 0 saturated carbocycles. The van der Waals surface area contributed by atoms with Gasteiger partial charge in [-0.1, -0.05) is 0 Å². The summed E-state index contributed by atoms with van der Waals surface area (Å²) in [5.74, 6) is 0.00374. The van der Waals surface area contributed by atoms with Crippen molar-refractivity contribution in [1.82, 2.24) is 29.2 Å². The van der Waals surface area contributed by atoms with Gasteiger partial charge in [-0.05, 0) is 38.0 Å². The highest BCUT2D eigenvalue weighted by atomic mass is 16.2. The molecule has 4 rings (SSSR count). The van der Waals surface area contributed by atoms with Gasteiger partial charge in [-0.2, -0.15) is 5.10 Å². The predicted octanol–water partition coefficient (Wildman–Crippen LogP) is 1.42. The normalized spacial score (nSPS) is 15.8. The number of aromatic nitrogens is 5. The van der Waals surface area contributed by atoms with Crippen molar-refractivity contribution >= 4 is 16.9 Å². The van der Waals surface area contributed by atoms with Crippen LogP contribution in [0.25, 0.3) is 11.0 Å². The van der Waals surface area contributed by atoms with Crippen LogP contribution < -0.4 is 5.69 Å². The molecule has 130 valence electrons. The van der Waals surface area contributed by atoms with E-state index in [0.717, 1.165) is 18.4 Å². The molecule has 3 aromatic rings. The van der Waals surface area contributed by atoms with Gasteiger partial charge >= 0.3 is 5.69 Å². The number of imidazole rings is 1. The van der Waals surface area contributed by atoms with E-state index in [-0.39, 0.29) is 11.6 Å². The lowest BCUT2D eigenvalue weighted by Crippen LogP contribution is -2.39. The average Bonchev–Trinajstić information content (AvgIpc) is 3.27. The molecule has 0 atom stereocenters. The van der Waals surface area contributed by atoms with E-state index in [1.54, 1.807) is 23.0 Å². The minimum atomic E-state index is -0.143. The van der Waals surface area contributed by atoms with Gasteiger partial charge in [-0.25, -0.2) is 14.5 Å². The maximum atomic E-state index is 12.8. The first-order valence-electron chi connectivity index (χ1n) is 8.53. The lowest BCUT2D eigenvalue weighted by atomic mass is 10.0. The summed E-state index contributed by atoms with van der Waals surface area (Å²) in [6, 6.07) is 5.71. The maximum Gasteiger partial charge on any atom is 0.326 e. The fraction of sp³-hybridized carbons (Fsp3) is 0.412. The highest BCUT2D eigenvalue weighted by Gasteiger charge is 2.25. The quantitative estimate of drug-likeness (QED) is 0.781. The fourth-order valence-corrected chi connectivity index (χ4v) is 3.53. The van der Waals surface area contributed by atoms with Gasteiger partial charge in [0.15, 0.2) is 0 Å². The van der Waals surface area contributed by atoms with Crippen LogP contribution >= 0.6 is 0 Å². The topological polar surface area (TPSA) is 88.8 Å². The summed E-state index contributed by atoms with van der Waals surface area (Å²) in [6.45, 7) is 3.90. The largest absolute Gasteiger partial charge is 0.338 e. The van der Waals surface area contributed by atoms with Crippen molar-refractivity contribution in [3.8, 4) is 0 Å². The van der Waals surface area contributed by atoms with Gasteiger partial charge in [0.2, 0.25) is 0 Å². The highest BCUT2D eigenvalue weighted by molar-refractivity contribution is 5.97. The molecular weight excluding hydrogens is 320 g/mol. The van der Waals surface area contributed by atoms with Crippen LogP contribution in [0.1, 0.15) is 36.2 Å².